The highest BCUT2D eigenvalue weighted by Crippen LogP contribution is 2.32. The number of ether oxygens (including phenoxy) is 1. The van der Waals surface area contributed by atoms with E-state index in [0.717, 1.165) is 5.56 Å². The second-order valence-corrected chi connectivity index (χ2v) is 4.59. The Hall–Kier alpha value is -1.92. The summed E-state index contributed by atoms with van der Waals surface area (Å²) < 4.78 is 6.18. The van der Waals surface area contributed by atoms with Crippen molar-refractivity contribution in [3.05, 3.63) is 62.6 Å². The van der Waals surface area contributed by atoms with Crippen LogP contribution in [0.25, 0.3) is 0 Å². The number of benzene rings is 2. The van der Waals surface area contributed by atoms with E-state index in [2.05, 4.69) is 15.9 Å². The molecular formula is C13H10BrNO4. The molecule has 6 heteroatoms. The van der Waals surface area contributed by atoms with Crippen molar-refractivity contribution in [1.82, 2.24) is 0 Å². The summed E-state index contributed by atoms with van der Waals surface area (Å²) in [6.07, 6.45) is 0. The molecule has 0 radical (unpaired) electrons. The molecule has 0 spiro atoms. The van der Waals surface area contributed by atoms with E-state index in [0.29, 0.717) is 10.2 Å². The average Bonchev–Trinajstić information content (AvgIpc) is 2.39. The number of aliphatic hydroxyl groups is 1. The summed E-state index contributed by atoms with van der Waals surface area (Å²) >= 11 is 3.29. The summed E-state index contributed by atoms with van der Waals surface area (Å²) in [5, 5.41) is 19.9. The maximum absolute atomic E-state index is 10.9. The molecule has 0 atom stereocenters. The fourth-order valence-corrected chi connectivity index (χ4v) is 2.02. The van der Waals surface area contributed by atoms with Crippen molar-refractivity contribution in [2.24, 2.45) is 0 Å². The maximum Gasteiger partial charge on any atom is 0.311 e. The standard InChI is InChI=1S/C13H10BrNO4/c14-11-7-10(6-5-9(11)8-16)19-13-4-2-1-3-12(13)15(17)18/h1-7,16H,8H2. The Balaban J connectivity index is 2.31. The molecule has 0 saturated carbocycles. The number of nitro benzene ring substituents is 1. The molecule has 0 unspecified atom stereocenters. The third-order valence-corrected chi connectivity index (χ3v) is 3.22. The SMILES string of the molecule is O=[N+]([O-])c1ccccc1Oc1ccc(CO)c(Br)c1. The minimum absolute atomic E-state index is 0.0909. The van der Waals surface area contributed by atoms with E-state index in [4.69, 9.17) is 9.84 Å². The molecule has 2 aromatic carbocycles. The van der Waals surface area contributed by atoms with E-state index in [9.17, 15) is 10.1 Å². The normalized spacial score (nSPS) is 10.2. The van der Waals surface area contributed by atoms with Crippen LogP contribution in [0.15, 0.2) is 46.9 Å². The van der Waals surface area contributed by atoms with Crippen molar-refractivity contribution < 1.29 is 14.8 Å². The highest BCUT2D eigenvalue weighted by molar-refractivity contribution is 9.10. The first-order valence-electron chi connectivity index (χ1n) is 5.42. The van der Waals surface area contributed by atoms with Crippen LogP contribution in [0, 0.1) is 10.1 Å². The molecular weight excluding hydrogens is 314 g/mol. The minimum Gasteiger partial charge on any atom is -0.450 e. The minimum atomic E-state index is -0.494. The molecule has 0 amide bonds. The molecule has 0 aromatic heterocycles. The van der Waals surface area contributed by atoms with Gasteiger partial charge in [0.25, 0.3) is 0 Å². The Morgan fingerprint density at radius 1 is 1.26 bits per heavy atom. The third kappa shape index (κ3) is 3.10. The molecule has 5 nitrogen and oxygen atoms in total. The topological polar surface area (TPSA) is 72.6 Å². The molecule has 1 N–H and O–H groups in total. The monoisotopic (exact) mass is 323 g/mol. The maximum atomic E-state index is 10.9. The molecule has 0 aliphatic heterocycles. The Bertz CT molecular complexity index is 615. The largest absolute Gasteiger partial charge is 0.450 e. The zero-order valence-electron chi connectivity index (χ0n) is 9.75. The van der Waals surface area contributed by atoms with Gasteiger partial charge in [-0.3, -0.25) is 10.1 Å². The van der Waals surface area contributed by atoms with E-state index in [-0.39, 0.29) is 18.0 Å². The second-order valence-electron chi connectivity index (χ2n) is 3.74. The molecule has 0 saturated heterocycles. The van der Waals surface area contributed by atoms with Gasteiger partial charge < -0.3 is 9.84 Å². The molecule has 0 heterocycles. The first-order valence-corrected chi connectivity index (χ1v) is 6.21. The summed E-state index contributed by atoms with van der Waals surface area (Å²) in [5.74, 6) is 0.634. The number of para-hydroxylation sites is 2. The highest BCUT2D eigenvalue weighted by Gasteiger charge is 2.14. The summed E-state index contributed by atoms with van der Waals surface area (Å²) in [6.45, 7) is -0.0909. The van der Waals surface area contributed by atoms with Gasteiger partial charge in [-0.2, -0.15) is 0 Å². The zero-order chi connectivity index (χ0) is 13.8. The number of rotatable bonds is 4. The van der Waals surface area contributed by atoms with E-state index < -0.39 is 4.92 Å². The van der Waals surface area contributed by atoms with Gasteiger partial charge in [0.1, 0.15) is 5.75 Å². The molecule has 98 valence electrons. The van der Waals surface area contributed by atoms with Gasteiger partial charge in [-0.05, 0) is 23.8 Å². The molecule has 0 aliphatic carbocycles. The Morgan fingerprint density at radius 2 is 2.00 bits per heavy atom. The first-order chi connectivity index (χ1) is 9.11. The molecule has 2 aromatic rings. The van der Waals surface area contributed by atoms with E-state index in [1.807, 2.05) is 0 Å². The van der Waals surface area contributed by atoms with Crippen LogP contribution in [0.4, 0.5) is 5.69 Å². The smallest absolute Gasteiger partial charge is 0.311 e. The first kappa shape index (κ1) is 13.5. The van der Waals surface area contributed by atoms with Crippen LogP contribution in [0.3, 0.4) is 0 Å². The number of halogens is 1. The lowest BCUT2D eigenvalue weighted by Crippen LogP contribution is -1.93. The fraction of sp³-hybridized carbons (Fsp3) is 0.0769. The number of hydrogen-bond acceptors (Lipinski definition) is 4. The van der Waals surface area contributed by atoms with E-state index in [1.54, 1.807) is 30.3 Å². The fourth-order valence-electron chi connectivity index (χ4n) is 1.54. The lowest BCUT2D eigenvalue weighted by molar-refractivity contribution is -0.385. The van der Waals surface area contributed by atoms with Crippen LogP contribution >= 0.6 is 15.9 Å². The second kappa shape index (κ2) is 5.81. The Morgan fingerprint density at radius 3 is 2.63 bits per heavy atom. The lowest BCUT2D eigenvalue weighted by Gasteiger charge is -2.08. The van der Waals surface area contributed by atoms with Gasteiger partial charge >= 0.3 is 5.69 Å². The summed E-state index contributed by atoms with van der Waals surface area (Å²) in [5.41, 5.74) is 0.625. The number of nitro groups is 1. The van der Waals surface area contributed by atoms with Crippen LogP contribution in [0.5, 0.6) is 11.5 Å². The van der Waals surface area contributed by atoms with Gasteiger partial charge in [0.05, 0.1) is 11.5 Å². The van der Waals surface area contributed by atoms with Crippen LogP contribution < -0.4 is 4.74 Å². The summed E-state index contributed by atoms with van der Waals surface area (Å²) in [4.78, 5) is 10.4. The van der Waals surface area contributed by atoms with Crippen LogP contribution in [-0.2, 0) is 6.61 Å². The number of aliphatic hydroxyl groups excluding tert-OH is 1. The van der Waals surface area contributed by atoms with Gasteiger partial charge in [-0.15, -0.1) is 0 Å². The van der Waals surface area contributed by atoms with Crippen molar-refractivity contribution in [2.75, 3.05) is 0 Å². The van der Waals surface area contributed by atoms with Gasteiger partial charge in [0, 0.05) is 10.5 Å². The highest BCUT2D eigenvalue weighted by atomic mass is 79.9. The van der Waals surface area contributed by atoms with Crippen LogP contribution in [-0.4, -0.2) is 10.0 Å². The number of hydrogen-bond donors (Lipinski definition) is 1. The molecule has 0 aliphatic rings. The quantitative estimate of drug-likeness (QED) is 0.688. The van der Waals surface area contributed by atoms with E-state index >= 15 is 0 Å². The average molecular weight is 324 g/mol. The van der Waals surface area contributed by atoms with Crippen molar-refractivity contribution in [3.8, 4) is 11.5 Å². The third-order valence-electron chi connectivity index (χ3n) is 2.48. The Labute approximate surface area is 117 Å². The molecule has 0 fully saturated rings. The van der Waals surface area contributed by atoms with E-state index in [1.165, 1.54) is 12.1 Å². The van der Waals surface area contributed by atoms with Crippen molar-refractivity contribution in [1.29, 1.82) is 0 Å². The van der Waals surface area contributed by atoms with Crippen LogP contribution in [0.2, 0.25) is 0 Å². The zero-order valence-corrected chi connectivity index (χ0v) is 11.3. The van der Waals surface area contributed by atoms with Gasteiger partial charge in [-0.25, -0.2) is 0 Å². The predicted octanol–water partition coefficient (Wildman–Crippen LogP) is 3.64. The van der Waals surface area contributed by atoms with Gasteiger partial charge in [0.2, 0.25) is 5.75 Å². The lowest BCUT2D eigenvalue weighted by atomic mass is 10.2. The van der Waals surface area contributed by atoms with Crippen LogP contribution in [0.1, 0.15) is 5.56 Å². The molecule has 2 rings (SSSR count). The molecule has 19 heavy (non-hydrogen) atoms. The number of nitrogens with zero attached hydrogens (tertiary/aromatic N) is 1. The summed E-state index contributed by atoms with van der Waals surface area (Å²) in [6, 6.07) is 11.2. The van der Waals surface area contributed by atoms with Crippen molar-refractivity contribution >= 4 is 21.6 Å². The predicted molar refractivity (Wildman–Crippen MR) is 73.2 cm³/mol. The molecule has 0 bridgehead atoms. The summed E-state index contributed by atoms with van der Waals surface area (Å²) in [7, 11) is 0. The van der Waals surface area contributed by atoms with Crippen molar-refractivity contribution in [3.63, 3.8) is 0 Å². The Kier molecular flexibility index (Phi) is 4.13. The van der Waals surface area contributed by atoms with Crippen molar-refractivity contribution in [2.45, 2.75) is 6.61 Å². The van der Waals surface area contributed by atoms with Gasteiger partial charge in [0.15, 0.2) is 0 Å². The van der Waals surface area contributed by atoms with Gasteiger partial charge in [-0.1, -0.05) is 34.1 Å².